The largest absolute Gasteiger partial charge is 0.419 e. The molecule has 1 aromatic carbocycles. The first-order chi connectivity index (χ1) is 7.13. The van der Waals surface area contributed by atoms with E-state index < -0.39 is 11.8 Å². The van der Waals surface area contributed by atoms with E-state index in [1.807, 2.05) is 6.07 Å². The zero-order valence-electron chi connectivity index (χ0n) is 8.10. The van der Waals surface area contributed by atoms with Crippen LogP contribution < -0.4 is 11.5 Å². The monoisotopic (exact) mass is 203 g/mol. The van der Waals surface area contributed by atoms with Crippen molar-refractivity contribution in [2.75, 3.05) is 0 Å². The highest BCUT2D eigenvalue weighted by atomic mass is 16.4. The van der Waals surface area contributed by atoms with Crippen LogP contribution in [0, 0.1) is 11.3 Å². The Hall–Kier alpha value is -2.06. The molecule has 1 heterocycles. The second-order valence-corrected chi connectivity index (χ2v) is 3.26. The van der Waals surface area contributed by atoms with Gasteiger partial charge in [0, 0.05) is 7.05 Å². The Morgan fingerprint density at radius 2 is 2.33 bits per heavy atom. The van der Waals surface area contributed by atoms with Crippen LogP contribution in [0.15, 0.2) is 27.4 Å². The fourth-order valence-corrected chi connectivity index (χ4v) is 1.42. The summed E-state index contributed by atoms with van der Waals surface area (Å²) in [6.07, 6.45) is 0. The van der Waals surface area contributed by atoms with Crippen LogP contribution in [0.4, 0.5) is 0 Å². The molecule has 2 N–H and O–H groups in total. The predicted molar refractivity (Wildman–Crippen MR) is 54.0 cm³/mol. The van der Waals surface area contributed by atoms with Gasteiger partial charge in [-0.05, 0) is 17.7 Å². The third kappa shape index (κ3) is 1.41. The summed E-state index contributed by atoms with van der Waals surface area (Å²) in [5.74, 6) is -0.423. The molecule has 0 radical (unpaired) electrons. The molecular weight excluding hydrogens is 194 g/mol. The third-order valence-electron chi connectivity index (χ3n) is 2.31. The Labute approximate surface area is 85.3 Å². The van der Waals surface area contributed by atoms with Crippen LogP contribution in [0.2, 0.25) is 0 Å². The number of nitriles is 1. The van der Waals surface area contributed by atoms with Crippen molar-refractivity contribution in [1.29, 1.82) is 5.26 Å². The van der Waals surface area contributed by atoms with Gasteiger partial charge in [0.15, 0.2) is 5.58 Å². The first-order valence-corrected chi connectivity index (χ1v) is 4.38. The molecule has 15 heavy (non-hydrogen) atoms. The predicted octanol–water partition coefficient (Wildman–Crippen LogP) is 0.655. The number of oxazole rings is 1. The average Bonchev–Trinajstić information content (AvgIpc) is 2.53. The zero-order chi connectivity index (χ0) is 11.0. The minimum absolute atomic E-state index is 0.423. The standard InChI is InChI=1S/C10H9N3O2/c1-13-8-3-2-6(7(12)5-11)4-9(8)15-10(13)14/h2-4,7H,12H2,1H3. The maximum Gasteiger partial charge on any atom is 0.419 e. The molecule has 76 valence electrons. The van der Waals surface area contributed by atoms with Crippen LogP contribution in [0.5, 0.6) is 0 Å². The van der Waals surface area contributed by atoms with Crippen molar-refractivity contribution in [2.45, 2.75) is 6.04 Å². The summed E-state index contributed by atoms with van der Waals surface area (Å²) in [5, 5.41) is 8.65. The minimum Gasteiger partial charge on any atom is -0.408 e. The van der Waals surface area contributed by atoms with Crippen molar-refractivity contribution in [2.24, 2.45) is 12.8 Å². The molecule has 1 atom stereocenters. The maximum atomic E-state index is 11.2. The number of fused-ring (bicyclic) bond motifs is 1. The molecular formula is C10H9N3O2. The van der Waals surface area contributed by atoms with E-state index in [-0.39, 0.29) is 0 Å². The summed E-state index contributed by atoms with van der Waals surface area (Å²) in [7, 11) is 1.62. The summed E-state index contributed by atoms with van der Waals surface area (Å²) in [5.41, 5.74) is 7.32. The van der Waals surface area contributed by atoms with Crippen molar-refractivity contribution in [1.82, 2.24) is 4.57 Å². The summed E-state index contributed by atoms with van der Waals surface area (Å²) >= 11 is 0. The molecule has 0 bridgehead atoms. The van der Waals surface area contributed by atoms with Crippen LogP contribution >= 0.6 is 0 Å². The molecule has 0 amide bonds. The maximum absolute atomic E-state index is 11.2. The molecule has 5 heteroatoms. The SMILES string of the molecule is Cn1c(=O)oc2cc(C(N)C#N)ccc21. The van der Waals surface area contributed by atoms with Gasteiger partial charge in [0.1, 0.15) is 6.04 Å². The first kappa shape index (κ1) is 9.49. The number of hydrogen-bond donors (Lipinski definition) is 1. The highest BCUT2D eigenvalue weighted by Crippen LogP contribution is 2.17. The van der Waals surface area contributed by atoms with Crippen LogP contribution in [0.1, 0.15) is 11.6 Å². The van der Waals surface area contributed by atoms with Gasteiger partial charge in [-0.15, -0.1) is 0 Å². The van der Waals surface area contributed by atoms with Crippen LogP contribution in [0.25, 0.3) is 11.1 Å². The number of hydrogen-bond acceptors (Lipinski definition) is 4. The molecule has 2 rings (SSSR count). The molecule has 1 unspecified atom stereocenters. The number of rotatable bonds is 1. The van der Waals surface area contributed by atoms with Crippen molar-refractivity contribution >= 4 is 11.1 Å². The van der Waals surface area contributed by atoms with E-state index in [2.05, 4.69) is 0 Å². The quantitative estimate of drug-likeness (QED) is 0.737. The smallest absolute Gasteiger partial charge is 0.408 e. The molecule has 1 aromatic heterocycles. The average molecular weight is 203 g/mol. The van der Waals surface area contributed by atoms with Crippen LogP contribution in [-0.2, 0) is 7.05 Å². The summed E-state index contributed by atoms with van der Waals surface area (Å²) in [4.78, 5) is 11.2. The summed E-state index contributed by atoms with van der Waals surface area (Å²) in [6, 6.07) is 6.27. The zero-order valence-corrected chi connectivity index (χ0v) is 8.10. The molecule has 5 nitrogen and oxygen atoms in total. The number of aromatic nitrogens is 1. The Morgan fingerprint density at radius 1 is 1.60 bits per heavy atom. The molecule has 0 aliphatic heterocycles. The van der Waals surface area contributed by atoms with Gasteiger partial charge in [0.25, 0.3) is 0 Å². The topological polar surface area (TPSA) is 84.9 Å². The fraction of sp³-hybridized carbons (Fsp3) is 0.200. The number of nitrogens with zero attached hydrogens (tertiary/aromatic N) is 2. The van der Waals surface area contributed by atoms with Crippen molar-refractivity contribution in [3.8, 4) is 6.07 Å². The highest BCUT2D eigenvalue weighted by molar-refractivity contribution is 5.73. The first-order valence-electron chi connectivity index (χ1n) is 4.38. The van der Waals surface area contributed by atoms with E-state index in [4.69, 9.17) is 15.4 Å². The van der Waals surface area contributed by atoms with Gasteiger partial charge in [-0.1, -0.05) is 6.07 Å². The Kier molecular flexibility index (Phi) is 2.06. The van der Waals surface area contributed by atoms with E-state index in [1.165, 1.54) is 4.57 Å². The number of nitrogens with two attached hydrogens (primary N) is 1. The van der Waals surface area contributed by atoms with E-state index in [0.29, 0.717) is 16.7 Å². The third-order valence-corrected chi connectivity index (χ3v) is 2.31. The van der Waals surface area contributed by atoms with Crippen molar-refractivity contribution < 1.29 is 4.42 Å². The minimum atomic E-state index is -0.695. The Balaban J connectivity index is 2.68. The van der Waals surface area contributed by atoms with Gasteiger partial charge in [0.05, 0.1) is 11.6 Å². The summed E-state index contributed by atoms with van der Waals surface area (Å²) in [6.45, 7) is 0. The lowest BCUT2D eigenvalue weighted by Gasteiger charge is -2.01. The lowest BCUT2D eigenvalue weighted by molar-refractivity contribution is 0.527. The normalized spacial score (nSPS) is 12.6. The Morgan fingerprint density at radius 3 is 3.00 bits per heavy atom. The second-order valence-electron chi connectivity index (χ2n) is 3.26. The van der Waals surface area contributed by atoms with Gasteiger partial charge in [0.2, 0.25) is 0 Å². The second kappa shape index (κ2) is 3.26. The van der Waals surface area contributed by atoms with Gasteiger partial charge >= 0.3 is 5.76 Å². The molecule has 0 saturated carbocycles. The Bertz CT molecular complexity index is 603. The fourth-order valence-electron chi connectivity index (χ4n) is 1.42. The van der Waals surface area contributed by atoms with Crippen molar-refractivity contribution in [3.63, 3.8) is 0 Å². The molecule has 0 spiro atoms. The molecule has 0 saturated heterocycles. The van der Waals surface area contributed by atoms with E-state index in [1.54, 1.807) is 25.2 Å². The lowest BCUT2D eigenvalue weighted by atomic mass is 10.1. The van der Waals surface area contributed by atoms with E-state index in [9.17, 15) is 4.79 Å². The highest BCUT2D eigenvalue weighted by Gasteiger charge is 2.09. The van der Waals surface area contributed by atoms with Crippen molar-refractivity contribution in [3.05, 3.63) is 34.3 Å². The molecule has 0 fully saturated rings. The number of benzene rings is 1. The number of aryl methyl sites for hydroxylation is 1. The van der Waals surface area contributed by atoms with Gasteiger partial charge in [-0.2, -0.15) is 5.26 Å². The summed E-state index contributed by atoms with van der Waals surface area (Å²) < 4.78 is 6.38. The molecule has 0 aliphatic rings. The molecule has 0 aliphatic carbocycles. The van der Waals surface area contributed by atoms with E-state index in [0.717, 1.165) is 0 Å². The van der Waals surface area contributed by atoms with Crippen LogP contribution in [-0.4, -0.2) is 4.57 Å². The molecule has 2 aromatic rings. The lowest BCUT2D eigenvalue weighted by Crippen LogP contribution is -2.08. The van der Waals surface area contributed by atoms with Crippen LogP contribution in [0.3, 0.4) is 0 Å². The van der Waals surface area contributed by atoms with E-state index >= 15 is 0 Å². The van der Waals surface area contributed by atoms with Gasteiger partial charge in [-0.25, -0.2) is 4.79 Å². The van der Waals surface area contributed by atoms with Gasteiger partial charge < -0.3 is 10.2 Å². The van der Waals surface area contributed by atoms with Gasteiger partial charge in [-0.3, -0.25) is 4.57 Å².